The molecule has 9 heteroatoms. The third-order valence-electron chi connectivity index (χ3n) is 7.46. The largest absolute Gasteiger partial charge is 0.465 e. The van der Waals surface area contributed by atoms with Crippen molar-refractivity contribution in [3.8, 4) is 0 Å². The molecule has 1 saturated carbocycles. The average Bonchev–Trinajstić information content (AvgIpc) is 3.25. The van der Waals surface area contributed by atoms with E-state index in [0.29, 0.717) is 29.8 Å². The summed E-state index contributed by atoms with van der Waals surface area (Å²) in [6, 6.07) is 22.2. The topological polar surface area (TPSA) is 119 Å². The highest BCUT2D eigenvalue weighted by Gasteiger charge is 2.50. The van der Waals surface area contributed by atoms with Gasteiger partial charge in [0, 0.05) is 5.69 Å². The first-order valence-corrected chi connectivity index (χ1v) is 13.0. The second-order valence-corrected chi connectivity index (χ2v) is 9.89. The Morgan fingerprint density at radius 3 is 2.27 bits per heavy atom. The van der Waals surface area contributed by atoms with Gasteiger partial charge in [-0.15, -0.1) is 0 Å². The number of benzene rings is 3. The molecule has 0 aromatic heterocycles. The number of fused-ring (bicyclic) bond motifs is 1. The number of hydrogen-bond donors (Lipinski definition) is 1. The molecule has 9 nitrogen and oxygen atoms in total. The number of nitrogens with zero attached hydrogens (tertiary/aromatic N) is 1. The number of carbonyl (C=O) groups is 5. The zero-order valence-electron chi connectivity index (χ0n) is 21.9. The molecule has 0 bridgehead atoms. The Hall–Kier alpha value is -4.79. The van der Waals surface area contributed by atoms with Crippen molar-refractivity contribution >= 4 is 41.0 Å². The molecule has 3 atom stereocenters. The third kappa shape index (κ3) is 5.49. The van der Waals surface area contributed by atoms with Crippen molar-refractivity contribution < 1.29 is 33.4 Å². The van der Waals surface area contributed by atoms with Crippen molar-refractivity contribution in [1.82, 2.24) is 0 Å². The molecule has 5 rings (SSSR count). The lowest BCUT2D eigenvalue weighted by Crippen LogP contribution is -2.31. The molecule has 2 aliphatic rings. The van der Waals surface area contributed by atoms with Gasteiger partial charge in [0.05, 0.1) is 35.8 Å². The van der Waals surface area contributed by atoms with Crippen LogP contribution in [0.3, 0.4) is 0 Å². The maximum Gasteiger partial charge on any atom is 0.338 e. The number of rotatable bonds is 7. The first kappa shape index (κ1) is 26.8. The average molecular weight is 541 g/mol. The van der Waals surface area contributed by atoms with Crippen LogP contribution in [0.25, 0.3) is 0 Å². The molecule has 1 aliphatic carbocycles. The summed E-state index contributed by atoms with van der Waals surface area (Å²) in [6.07, 6.45) is 2.08. The van der Waals surface area contributed by atoms with E-state index in [1.54, 1.807) is 12.1 Å². The molecule has 0 unspecified atom stereocenters. The number of amides is 3. The van der Waals surface area contributed by atoms with Gasteiger partial charge < -0.3 is 14.8 Å². The van der Waals surface area contributed by atoms with Crippen molar-refractivity contribution in [2.24, 2.45) is 11.8 Å². The van der Waals surface area contributed by atoms with Crippen molar-refractivity contribution in [2.75, 3.05) is 23.9 Å². The zero-order chi connectivity index (χ0) is 28.2. The second kappa shape index (κ2) is 11.5. The second-order valence-electron chi connectivity index (χ2n) is 9.89. The van der Waals surface area contributed by atoms with Gasteiger partial charge >= 0.3 is 11.9 Å². The van der Waals surface area contributed by atoms with E-state index in [4.69, 9.17) is 4.74 Å². The number of methoxy groups -OCH3 is 1. The molecule has 1 aliphatic heterocycles. The summed E-state index contributed by atoms with van der Waals surface area (Å²) in [4.78, 5) is 64.3. The quantitative estimate of drug-likeness (QED) is 0.350. The van der Waals surface area contributed by atoms with Crippen LogP contribution in [0.15, 0.2) is 78.9 Å². The Labute approximate surface area is 231 Å². The third-order valence-corrected chi connectivity index (χ3v) is 7.46. The van der Waals surface area contributed by atoms with Gasteiger partial charge in [0.2, 0.25) is 11.8 Å². The van der Waals surface area contributed by atoms with Crippen LogP contribution in [0.5, 0.6) is 0 Å². The molecule has 1 N–H and O–H groups in total. The SMILES string of the molecule is COC(=O)c1ccc(NC(=O)COC(=O)c2cccc(N3C(=O)[C@H]4C[C@@H](c5ccccc5)CC[C@H]4C3=O)c2)cc1. The summed E-state index contributed by atoms with van der Waals surface area (Å²) < 4.78 is 9.80. The van der Waals surface area contributed by atoms with E-state index >= 15 is 0 Å². The van der Waals surface area contributed by atoms with E-state index in [9.17, 15) is 24.0 Å². The number of nitrogens with one attached hydrogen (secondary N) is 1. The van der Waals surface area contributed by atoms with Crippen LogP contribution in [0.2, 0.25) is 0 Å². The first-order valence-electron chi connectivity index (χ1n) is 13.0. The van der Waals surface area contributed by atoms with Gasteiger partial charge in [0.1, 0.15) is 0 Å². The van der Waals surface area contributed by atoms with Crippen LogP contribution in [-0.4, -0.2) is 43.4 Å². The van der Waals surface area contributed by atoms with Crippen LogP contribution < -0.4 is 10.2 Å². The Kier molecular flexibility index (Phi) is 7.72. The summed E-state index contributed by atoms with van der Waals surface area (Å²) in [6.45, 7) is -0.547. The summed E-state index contributed by atoms with van der Waals surface area (Å²) in [5, 5.41) is 2.58. The summed E-state index contributed by atoms with van der Waals surface area (Å²) in [5.41, 5.74) is 2.34. The number of hydrogen-bond acceptors (Lipinski definition) is 7. The lowest BCUT2D eigenvalue weighted by molar-refractivity contribution is -0.122. The van der Waals surface area contributed by atoms with Gasteiger partial charge in [-0.1, -0.05) is 36.4 Å². The molecule has 204 valence electrons. The molecule has 3 amide bonds. The highest BCUT2D eigenvalue weighted by Crippen LogP contribution is 2.45. The zero-order valence-corrected chi connectivity index (χ0v) is 21.9. The van der Waals surface area contributed by atoms with Gasteiger partial charge in [-0.05, 0) is 73.2 Å². The monoisotopic (exact) mass is 540 g/mol. The van der Waals surface area contributed by atoms with Gasteiger partial charge in [0.25, 0.3) is 5.91 Å². The lowest BCUT2D eigenvalue weighted by Gasteiger charge is -2.28. The van der Waals surface area contributed by atoms with Crippen molar-refractivity contribution in [3.05, 3.63) is 95.6 Å². The Bertz CT molecular complexity index is 1450. The summed E-state index contributed by atoms with van der Waals surface area (Å²) in [5.74, 6) is -2.88. The maximum absolute atomic E-state index is 13.4. The molecule has 0 radical (unpaired) electrons. The predicted octanol–water partition coefficient (Wildman–Crippen LogP) is 4.34. The minimum Gasteiger partial charge on any atom is -0.465 e. The molecular weight excluding hydrogens is 512 g/mol. The first-order chi connectivity index (χ1) is 19.4. The Morgan fingerprint density at radius 1 is 0.825 bits per heavy atom. The summed E-state index contributed by atoms with van der Waals surface area (Å²) in [7, 11) is 1.27. The predicted molar refractivity (Wildman–Crippen MR) is 146 cm³/mol. The molecule has 40 heavy (non-hydrogen) atoms. The van der Waals surface area contributed by atoms with Crippen LogP contribution in [0.4, 0.5) is 11.4 Å². The van der Waals surface area contributed by atoms with E-state index in [1.165, 1.54) is 54.0 Å². The Morgan fingerprint density at radius 2 is 1.55 bits per heavy atom. The van der Waals surface area contributed by atoms with Crippen molar-refractivity contribution in [2.45, 2.75) is 25.2 Å². The van der Waals surface area contributed by atoms with E-state index in [0.717, 1.165) is 6.42 Å². The fourth-order valence-corrected chi connectivity index (χ4v) is 5.45. The van der Waals surface area contributed by atoms with Crippen LogP contribution in [-0.2, 0) is 23.9 Å². The fraction of sp³-hybridized carbons (Fsp3) is 0.258. The molecular formula is C31H28N2O7. The van der Waals surface area contributed by atoms with E-state index in [-0.39, 0.29) is 29.2 Å². The molecule has 2 fully saturated rings. The van der Waals surface area contributed by atoms with Gasteiger partial charge in [-0.2, -0.15) is 0 Å². The van der Waals surface area contributed by atoms with E-state index < -0.39 is 30.4 Å². The molecule has 3 aromatic carbocycles. The van der Waals surface area contributed by atoms with Crippen LogP contribution >= 0.6 is 0 Å². The number of esters is 2. The number of carbonyl (C=O) groups excluding carboxylic acids is 5. The summed E-state index contributed by atoms with van der Waals surface area (Å²) >= 11 is 0. The fourth-order valence-electron chi connectivity index (χ4n) is 5.45. The smallest absolute Gasteiger partial charge is 0.338 e. The molecule has 1 saturated heterocycles. The normalized spacial score (nSPS) is 20.0. The molecule has 3 aromatic rings. The van der Waals surface area contributed by atoms with Crippen molar-refractivity contribution in [1.29, 1.82) is 0 Å². The van der Waals surface area contributed by atoms with Gasteiger partial charge in [-0.25, -0.2) is 9.59 Å². The van der Waals surface area contributed by atoms with E-state index in [2.05, 4.69) is 22.2 Å². The van der Waals surface area contributed by atoms with E-state index in [1.807, 2.05) is 18.2 Å². The number of ether oxygens (including phenoxy) is 2. The number of imide groups is 1. The molecule has 0 spiro atoms. The van der Waals surface area contributed by atoms with Crippen LogP contribution in [0, 0.1) is 11.8 Å². The van der Waals surface area contributed by atoms with Crippen LogP contribution in [0.1, 0.15) is 51.5 Å². The van der Waals surface area contributed by atoms with Gasteiger partial charge in [0.15, 0.2) is 6.61 Å². The lowest BCUT2D eigenvalue weighted by atomic mass is 9.73. The van der Waals surface area contributed by atoms with Gasteiger partial charge in [-0.3, -0.25) is 19.3 Å². The highest BCUT2D eigenvalue weighted by molar-refractivity contribution is 6.22. The molecule has 1 heterocycles. The minimum atomic E-state index is -0.765. The minimum absolute atomic E-state index is 0.116. The van der Waals surface area contributed by atoms with Crippen molar-refractivity contribution in [3.63, 3.8) is 0 Å². The maximum atomic E-state index is 13.4. The Balaban J connectivity index is 1.21. The highest BCUT2D eigenvalue weighted by atomic mass is 16.5. The standard InChI is InChI=1S/C31H28N2O7/c1-39-30(37)20-10-13-23(14-11-20)32-27(34)18-40-31(38)22-8-5-9-24(16-22)33-28(35)25-15-12-21(17-26(25)29(33)36)19-6-3-2-4-7-19/h2-11,13-14,16,21,25-26H,12,15,17-18H2,1H3,(H,32,34)/t21-,25+,26-/m0/s1. The number of anilines is 2.